The van der Waals surface area contributed by atoms with Crippen LogP contribution in [0.4, 0.5) is 10.1 Å². The van der Waals surface area contributed by atoms with E-state index < -0.39 is 0 Å². The van der Waals surface area contributed by atoms with Crippen molar-refractivity contribution in [2.24, 2.45) is 5.92 Å². The predicted octanol–water partition coefficient (Wildman–Crippen LogP) is 3.37. The first-order valence-electron chi connectivity index (χ1n) is 13.1. The Bertz CT molecular complexity index is 1260. The molecule has 6 nitrogen and oxygen atoms in total. The Morgan fingerprint density at radius 2 is 1.97 bits per heavy atom. The third kappa shape index (κ3) is 3.61. The number of carbonyl (C=O) groups excluding carboxylic acids is 1. The van der Waals surface area contributed by atoms with Gasteiger partial charge in [0.1, 0.15) is 11.9 Å². The van der Waals surface area contributed by atoms with Gasteiger partial charge in [0.2, 0.25) is 0 Å². The number of rotatable bonds is 3. The van der Waals surface area contributed by atoms with Crippen molar-refractivity contribution in [3.8, 4) is 6.07 Å². The third-order valence-corrected chi connectivity index (χ3v) is 9.01. The number of nitrogens with zero attached hydrogens (tertiary/aromatic N) is 3. The molecule has 0 radical (unpaired) electrons. The molecule has 180 valence electrons. The quantitative estimate of drug-likeness (QED) is 0.718. The number of anilines is 1. The smallest absolute Gasteiger partial charge is 0.253 e. The van der Waals surface area contributed by atoms with Gasteiger partial charge in [0.25, 0.3) is 5.91 Å². The number of halogens is 1. The van der Waals surface area contributed by atoms with Crippen LogP contribution in [-0.2, 0) is 19.3 Å². The van der Waals surface area contributed by atoms with Crippen LogP contribution >= 0.6 is 0 Å². The number of aryl methyl sites for hydroxylation is 1. The molecule has 2 unspecified atom stereocenters. The van der Waals surface area contributed by atoms with E-state index in [0.29, 0.717) is 54.0 Å². The largest absolute Gasteiger partial charge is 0.367 e. The van der Waals surface area contributed by atoms with Crippen molar-refractivity contribution < 1.29 is 9.18 Å². The zero-order chi connectivity index (χ0) is 23.7. The number of hydrogen-bond donors (Lipinski definition) is 2. The molecule has 0 spiro atoms. The summed E-state index contributed by atoms with van der Waals surface area (Å²) in [5.41, 5.74) is 5.77. The SMILES string of the molecule is N#Cc1c(N2CC3CCC(C2)N3)cc(F)c2c1CC[C@@H](NC(=O)c1cnc3c(c1)[C@@H]1C[C@@H]1CC3)C2. The van der Waals surface area contributed by atoms with Gasteiger partial charge in [-0.25, -0.2) is 4.39 Å². The summed E-state index contributed by atoms with van der Waals surface area (Å²) in [7, 11) is 0. The Kier molecular flexibility index (Phi) is 4.89. The highest BCUT2D eigenvalue weighted by Crippen LogP contribution is 2.54. The van der Waals surface area contributed by atoms with Crippen LogP contribution in [0.15, 0.2) is 18.3 Å². The second-order valence-corrected chi connectivity index (χ2v) is 11.2. The van der Waals surface area contributed by atoms with Crippen molar-refractivity contribution in [3.05, 3.63) is 57.7 Å². The molecular weight excluding hydrogens is 441 g/mol. The van der Waals surface area contributed by atoms with E-state index in [1.807, 2.05) is 6.07 Å². The van der Waals surface area contributed by atoms with E-state index in [4.69, 9.17) is 0 Å². The van der Waals surface area contributed by atoms with Gasteiger partial charge in [-0.15, -0.1) is 0 Å². The summed E-state index contributed by atoms with van der Waals surface area (Å²) >= 11 is 0. The topological polar surface area (TPSA) is 81.0 Å². The Labute approximate surface area is 204 Å². The monoisotopic (exact) mass is 471 g/mol. The van der Waals surface area contributed by atoms with Crippen LogP contribution in [-0.4, -0.2) is 42.1 Å². The highest BCUT2D eigenvalue weighted by atomic mass is 19.1. The van der Waals surface area contributed by atoms with Crippen LogP contribution in [0, 0.1) is 23.1 Å². The van der Waals surface area contributed by atoms with Gasteiger partial charge in [-0.05, 0) is 92.0 Å². The Morgan fingerprint density at radius 1 is 1.14 bits per heavy atom. The molecular formula is C28H30FN5O. The summed E-state index contributed by atoms with van der Waals surface area (Å²) in [6, 6.07) is 6.67. The molecule has 5 atom stereocenters. The number of pyridine rings is 1. The zero-order valence-electron chi connectivity index (χ0n) is 19.8. The fourth-order valence-electron chi connectivity index (χ4n) is 7.09. The van der Waals surface area contributed by atoms with E-state index in [-0.39, 0.29) is 17.8 Å². The summed E-state index contributed by atoms with van der Waals surface area (Å²) < 4.78 is 15.4. The Hall–Kier alpha value is -2.98. The Morgan fingerprint density at radius 3 is 2.77 bits per heavy atom. The van der Waals surface area contributed by atoms with Crippen LogP contribution in [0.5, 0.6) is 0 Å². The van der Waals surface area contributed by atoms with Gasteiger partial charge in [-0.3, -0.25) is 9.78 Å². The average molecular weight is 472 g/mol. The lowest BCUT2D eigenvalue weighted by molar-refractivity contribution is 0.0932. The molecule has 1 amide bonds. The number of benzene rings is 1. The molecule has 1 saturated carbocycles. The minimum absolute atomic E-state index is 0.134. The molecule has 2 aromatic rings. The number of aromatic nitrogens is 1. The number of nitriles is 1. The fourth-order valence-corrected chi connectivity index (χ4v) is 7.09. The average Bonchev–Trinajstić information content (AvgIpc) is 3.61. The number of amides is 1. The van der Waals surface area contributed by atoms with E-state index in [1.165, 1.54) is 18.4 Å². The molecule has 3 aliphatic carbocycles. The van der Waals surface area contributed by atoms with Crippen LogP contribution < -0.4 is 15.5 Å². The van der Waals surface area contributed by atoms with Crippen molar-refractivity contribution in [2.45, 2.75) is 75.4 Å². The molecule has 1 aromatic heterocycles. The van der Waals surface area contributed by atoms with E-state index in [1.54, 1.807) is 12.3 Å². The van der Waals surface area contributed by atoms with Gasteiger partial charge >= 0.3 is 0 Å². The second-order valence-electron chi connectivity index (χ2n) is 11.2. The number of hydrogen-bond acceptors (Lipinski definition) is 5. The number of piperazine rings is 1. The summed E-state index contributed by atoms with van der Waals surface area (Å²) in [5.74, 6) is 0.967. The van der Waals surface area contributed by atoms with Crippen molar-refractivity contribution in [3.63, 3.8) is 0 Å². The molecule has 35 heavy (non-hydrogen) atoms. The molecule has 2 bridgehead atoms. The molecule has 3 fully saturated rings. The van der Waals surface area contributed by atoms with Crippen molar-refractivity contribution in [2.75, 3.05) is 18.0 Å². The van der Waals surface area contributed by atoms with Crippen LogP contribution in [0.25, 0.3) is 0 Å². The maximum Gasteiger partial charge on any atom is 0.253 e. The van der Waals surface area contributed by atoms with Crippen LogP contribution in [0.1, 0.15) is 76.3 Å². The predicted molar refractivity (Wildman–Crippen MR) is 130 cm³/mol. The number of fused-ring (bicyclic) bond motifs is 6. The van der Waals surface area contributed by atoms with Gasteiger partial charge in [-0.2, -0.15) is 5.26 Å². The maximum atomic E-state index is 15.4. The lowest BCUT2D eigenvalue weighted by Crippen LogP contribution is -2.51. The van der Waals surface area contributed by atoms with E-state index in [0.717, 1.165) is 55.2 Å². The maximum absolute atomic E-state index is 15.4. The number of carbonyl (C=O) groups is 1. The van der Waals surface area contributed by atoms with Crippen molar-refractivity contribution >= 4 is 11.6 Å². The first-order chi connectivity index (χ1) is 17.1. The molecule has 7 heteroatoms. The Balaban J connectivity index is 1.11. The second kappa shape index (κ2) is 8.03. The standard InChI is InChI=1S/C28H30FN5O/c29-25-10-27(34-13-18-2-3-19(14-34)32-18)24(11-30)20-5-4-17(9-22(20)25)33-28(35)16-8-23-21-7-15(21)1-6-26(23)31-12-16/h8,10,12,15,17-19,21,32H,1-7,9,13-14H2,(H,33,35)/t15-,17+,18?,19?,21+/m0/s1. The normalized spacial score (nSPS) is 30.1. The van der Waals surface area contributed by atoms with Gasteiger partial charge in [-0.1, -0.05) is 0 Å². The van der Waals surface area contributed by atoms with Crippen molar-refractivity contribution in [1.29, 1.82) is 5.26 Å². The molecule has 2 saturated heterocycles. The first-order valence-corrected chi connectivity index (χ1v) is 13.1. The molecule has 2 N–H and O–H groups in total. The van der Waals surface area contributed by atoms with Gasteiger partial charge in [0.05, 0.1) is 16.8 Å². The minimum Gasteiger partial charge on any atom is -0.367 e. The van der Waals surface area contributed by atoms with Gasteiger partial charge in [0.15, 0.2) is 0 Å². The lowest BCUT2D eigenvalue weighted by atomic mass is 9.84. The first kappa shape index (κ1) is 21.3. The molecule has 1 aromatic carbocycles. The van der Waals surface area contributed by atoms with E-state index in [2.05, 4.69) is 26.6 Å². The minimum atomic E-state index is -0.256. The summed E-state index contributed by atoms with van der Waals surface area (Å²) in [5, 5.41) is 16.8. The summed E-state index contributed by atoms with van der Waals surface area (Å²) in [6.45, 7) is 1.64. The van der Waals surface area contributed by atoms with Crippen molar-refractivity contribution in [1.82, 2.24) is 15.6 Å². The highest BCUT2D eigenvalue weighted by Gasteiger charge is 2.43. The zero-order valence-corrected chi connectivity index (χ0v) is 19.8. The molecule has 2 aliphatic heterocycles. The molecule has 3 heterocycles. The van der Waals surface area contributed by atoms with E-state index in [9.17, 15) is 10.1 Å². The van der Waals surface area contributed by atoms with Gasteiger partial charge < -0.3 is 15.5 Å². The van der Waals surface area contributed by atoms with Crippen LogP contribution in [0.2, 0.25) is 0 Å². The number of nitrogens with one attached hydrogen (secondary N) is 2. The fraction of sp³-hybridized carbons (Fsp3) is 0.536. The lowest BCUT2D eigenvalue weighted by Gasteiger charge is -2.36. The molecule has 5 aliphatic rings. The third-order valence-electron chi connectivity index (χ3n) is 9.01. The highest BCUT2D eigenvalue weighted by molar-refractivity contribution is 5.94. The van der Waals surface area contributed by atoms with E-state index >= 15 is 4.39 Å². The van der Waals surface area contributed by atoms with Gasteiger partial charge in [0, 0.05) is 43.1 Å². The summed E-state index contributed by atoms with van der Waals surface area (Å²) in [6.07, 6.45) is 9.12. The summed E-state index contributed by atoms with van der Waals surface area (Å²) in [4.78, 5) is 19.8. The molecule has 7 rings (SSSR count). The van der Waals surface area contributed by atoms with Crippen LogP contribution in [0.3, 0.4) is 0 Å².